The summed E-state index contributed by atoms with van der Waals surface area (Å²) in [5.74, 6) is -0.724. The Morgan fingerprint density at radius 2 is 2.07 bits per heavy atom. The first-order valence-corrected chi connectivity index (χ1v) is 4.47. The fourth-order valence-corrected chi connectivity index (χ4v) is 1.26. The number of nitrogens with zero attached hydrogens (tertiary/aromatic N) is 1. The summed E-state index contributed by atoms with van der Waals surface area (Å²) in [4.78, 5) is 14.5. The molecule has 1 N–H and O–H groups in total. The Hall–Kier alpha value is -2.10. The van der Waals surface area contributed by atoms with Gasteiger partial charge in [0.1, 0.15) is 18.4 Å². The topological polar surface area (TPSA) is 63.3 Å². The van der Waals surface area contributed by atoms with Crippen LogP contribution in [0.2, 0.25) is 0 Å². The lowest BCUT2D eigenvalue weighted by atomic mass is 10.2. The molecule has 0 fully saturated rings. The zero-order valence-corrected chi connectivity index (χ0v) is 7.88. The van der Waals surface area contributed by atoms with Gasteiger partial charge in [0.15, 0.2) is 0 Å². The molecule has 0 spiro atoms. The lowest BCUT2D eigenvalue weighted by Gasteiger charge is -1.92. The van der Waals surface area contributed by atoms with Crippen LogP contribution in [0.15, 0.2) is 41.0 Å². The van der Waals surface area contributed by atoms with E-state index < -0.39 is 5.97 Å². The van der Waals surface area contributed by atoms with Crippen molar-refractivity contribution < 1.29 is 14.3 Å². The van der Waals surface area contributed by atoms with Gasteiger partial charge in [0.2, 0.25) is 5.89 Å². The van der Waals surface area contributed by atoms with E-state index in [2.05, 4.69) is 4.98 Å². The second-order valence-corrected chi connectivity index (χ2v) is 3.06. The minimum atomic E-state index is -0.948. The number of oxazole rings is 1. The highest BCUT2D eigenvalue weighted by Gasteiger charge is 2.08. The first-order chi connectivity index (χ1) is 7.25. The highest BCUT2D eigenvalue weighted by molar-refractivity contribution is 5.69. The van der Waals surface area contributed by atoms with Crippen molar-refractivity contribution in [2.45, 2.75) is 6.42 Å². The van der Waals surface area contributed by atoms with Crippen molar-refractivity contribution in [2.75, 3.05) is 0 Å². The molecule has 1 heterocycles. The first-order valence-electron chi connectivity index (χ1n) is 4.47. The molecule has 1 aromatic heterocycles. The van der Waals surface area contributed by atoms with E-state index in [1.165, 1.54) is 6.26 Å². The van der Waals surface area contributed by atoms with Crippen molar-refractivity contribution in [1.82, 2.24) is 4.98 Å². The summed E-state index contributed by atoms with van der Waals surface area (Å²) in [5.41, 5.74) is 1.57. The summed E-state index contributed by atoms with van der Waals surface area (Å²) in [6.45, 7) is 0. The fraction of sp³-hybridized carbons (Fsp3) is 0.0909. The van der Waals surface area contributed by atoms with E-state index in [9.17, 15) is 4.79 Å². The molecule has 76 valence electrons. The lowest BCUT2D eigenvalue weighted by molar-refractivity contribution is -0.136. The number of aliphatic carboxylic acids is 1. The smallest absolute Gasteiger partial charge is 0.312 e. The maximum absolute atomic E-state index is 10.4. The Labute approximate surface area is 86.2 Å². The third-order valence-corrected chi connectivity index (χ3v) is 1.92. The molecule has 2 rings (SSSR count). The molecule has 0 saturated carbocycles. The molecule has 0 atom stereocenters. The molecular formula is C11H9NO3. The van der Waals surface area contributed by atoms with E-state index in [4.69, 9.17) is 9.52 Å². The van der Waals surface area contributed by atoms with Crippen molar-refractivity contribution in [3.05, 3.63) is 42.5 Å². The van der Waals surface area contributed by atoms with E-state index in [0.29, 0.717) is 5.69 Å². The van der Waals surface area contributed by atoms with Gasteiger partial charge in [-0.3, -0.25) is 4.79 Å². The monoisotopic (exact) mass is 203 g/mol. The maximum atomic E-state index is 10.4. The summed E-state index contributed by atoms with van der Waals surface area (Å²) in [6.07, 6.45) is 1.28. The van der Waals surface area contributed by atoms with Gasteiger partial charge in [-0.15, -0.1) is 0 Å². The number of carbonyl (C=O) groups is 1. The first kappa shape index (κ1) is 9.45. The van der Waals surface area contributed by atoms with Gasteiger partial charge >= 0.3 is 5.97 Å². The number of benzene rings is 1. The van der Waals surface area contributed by atoms with Crippen LogP contribution < -0.4 is 0 Å². The van der Waals surface area contributed by atoms with Gasteiger partial charge in [0.25, 0.3) is 0 Å². The summed E-state index contributed by atoms with van der Waals surface area (Å²) in [7, 11) is 0. The SMILES string of the molecule is O=C(O)Cc1nc(-c2ccccc2)co1. The molecule has 0 amide bonds. The lowest BCUT2D eigenvalue weighted by Crippen LogP contribution is -1.99. The van der Waals surface area contributed by atoms with Gasteiger partial charge < -0.3 is 9.52 Å². The van der Waals surface area contributed by atoms with E-state index in [1.54, 1.807) is 0 Å². The highest BCUT2D eigenvalue weighted by atomic mass is 16.4. The molecule has 0 unspecified atom stereocenters. The van der Waals surface area contributed by atoms with Gasteiger partial charge in [-0.05, 0) is 0 Å². The average molecular weight is 203 g/mol. The van der Waals surface area contributed by atoms with Crippen molar-refractivity contribution in [3.8, 4) is 11.3 Å². The van der Waals surface area contributed by atoms with Crippen LogP contribution in [0.1, 0.15) is 5.89 Å². The molecule has 1 aromatic carbocycles. The number of rotatable bonds is 3. The third-order valence-electron chi connectivity index (χ3n) is 1.92. The Morgan fingerprint density at radius 3 is 2.73 bits per heavy atom. The molecule has 2 aromatic rings. The number of hydrogen-bond donors (Lipinski definition) is 1. The minimum Gasteiger partial charge on any atom is -0.481 e. The number of carboxylic acid groups (broad SMARTS) is 1. The number of aromatic nitrogens is 1. The van der Waals surface area contributed by atoms with E-state index in [1.807, 2.05) is 30.3 Å². The zero-order valence-electron chi connectivity index (χ0n) is 7.88. The number of hydrogen-bond acceptors (Lipinski definition) is 3. The molecule has 0 bridgehead atoms. The second kappa shape index (κ2) is 3.96. The van der Waals surface area contributed by atoms with Gasteiger partial charge in [0.05, 0.1) is 0 Å². The molecule has 0 radical (unpaired) electrons. The van der Waals surface area contributed by atoms with Crippen LogP contribution in [0, 0.1) is 0 Å². The van der Waals surface area contributed by atoms with Crippen LogP contribution in [0.4, 0.5) is 0 Å². The quantitative estimate of drug-likeness (QED) is 0.828. The fourth-order valence-electron chi connectivity index (χ4n) is 1.26. The predicted octanol–water partition coefficient (Wildman–Crippen LogP) is 1.97. The summed E-state index contributed by atoms with van der Waals surface area (Å²) < 4.78 is 5.04. The van der Waals surface area contributed by atoms with Gasteiger partial charge in [-0.25, -0.2) is 4.98 Å². The summed E-state index contributed by atoms with van der Waals surface area (Å²) in [5, 5.41) is 8.55. The zero-order chi connectivity index (χ0) is 10.7. The molecular weight excluding hydrogens is 194 g/mol. The highest BCUT2D eigenvalue weighted by Crippen LogP contribution is 2.17. The van der Waals surface area contributed by atoms with Crippen LogP contribution >= 0.6 is 0 Å². The van der Waals surface area contributed by atoms with Crippen molar-refractivity contribution in [2.24, 2.45) is 0 Å². The van der Waals surface area contributed by atoms with Crippen LogP contribution in [0.5, 0.6) is 0 Å². The summed E-state index contributed by atoms with van der Waals surface area (Å²) >= 11 is 0. The molecule has 4 nitrogen and oxygen atoms in total. The van der Waals surface area contributed by atoms with Gasteiger partial charge in [0, 0.05) is 5.56 Å². The summed E-state index contributed by atoms with van der Waals surface area (Å²) in [6, 6.07) is 9.47. The molecule has 0 aliphatic heterocycles. The second-order valence-electron chi connectivity index (χ2n) is 3.06. The van der Waals surface area contributed by atoms with Gasteiger partial charge in [-0.2, -0.15) is 0 Å². The molecule has 15 heavy (non-hydrogen) atoms. The van der Waals surface area contributed by atoms with E-state index in [0.717, 1.165) is 5.56 Å². The van der Waals surface area contributed by atoms with Crippen LogP contribution in [0.25, 0.3) is 11.3 Å². The van der Waals surface area contributed by atoms with Crippen molar-refractivity contribution in [3.63, 3.8) is 0 Å². The average Bonchev–Trinajstić information content (AvgIpc) is 2.67. The Bertz CT molecular complexity index is 462. The number of carboxylic acids is 1. The third kappa shape index (κ3) is 2.22. The van der Waals surface area contributed by atoms with Crippen LogP contribution in [0.3, 0.4) is 0 Å². The Morgan fingerprint density at radius 1 is 1.33 bits per heavy atom. The Balaban J connectivity index is 2.24. The molecule has 0 aliphatic rings. The molecule has 0 aliphatic carbocycles. The van der Waals surface area contributed by atoms with Crippen molar-refractivity contribution in [1.29, 1.82) is 0 Å². The largest absolute Gasteiger partial charge is 0.481 e. The van der Waals surface area contributed by atoms with Crippen LogP contribution in [-0.4, -0.2) is 16.1 Å². The van der Waals surface area contributed by atoms with Crippen molar-refractivity contribution >= 4 is 5.97 Å². The normalized spacial score (nSPS) is 10.1. The standard InChI is InChI=1S/C11H9NO3/c13-11(14)6-10-12-9(7-15-10)8-4-2-1-3-5-8/h1-5,7H,6H2,(H,13,14). The minimum absolute atomic E-state index is 0.188. The Kier molecular flexibility index (Phi) is 2.49. The molecule has 4 heteroatoms. The predicted molar refractivity (Wildman–Crippen MR) is 53.3 cm³/mol. The van der Waals surface area contributed by atoms with E-state index >= 15 is 0 Å². The van der Waals surface area contributed by atoms with E-state index in [-0.39, 0.29) is 12.3 Å². The van der Waals surface area contributed by atoms with Crippen LogP contribution in [-0.2, 0) is 11.2 Å². The molecule has 0 saturated heterocycles. The van der Waals surface area contributed by atoms with Gasteiger partial charge in [-0.1, -0.05) is 30.3 Å². The maximum Gasteiger partial charge on any atom is 0.312 e.